The lowest BCUT2D eigenvalue weighted by Crippen LogP contribution is -2.19. The second-order valence-electron chi connectivity index (χ2n) is 3.55. The zero-order chi connectivity index (χ0) is 6.48. The molecule has 0 aromatic heterocycles. The van der Waals surface area contributed by atoms with Gasteiger partial charge in [0.25, 0.3) is 0 Å². The van der Waals surface area contributed by atoms with E-state index in [0.29, 0.717) is 0 Å². The van der Waals surface area contributed by atoms with Crippen molar-refractivity contribution < 1.29 is 0 Å². The van der Waals surface area contributed by atoms with Crippen molar-refractivity contribution in [2.75, 3.05) is 13.6 Å². The minimum atomic E-state index is 0.806. The van der Waals surface area contributed by atoms with Gasteiger partial charge in [0.15, 0.2) is 0 Å². The van der Waals surface area contributed by atoms with E-state index < -0.39 is 0 Å². The Balaban J connectivity index is 2.06. The molecule has 2 aliphatic rings. The van der Waals surface area contributed by atoms with Gasteiger partial charge in [-0.1, -0.05) is 22.6 Å². The average Bonchev–Trinajstić information content (AvgIpc) is 2.42. The molecule has 1 aliphatic heterocycles. The monoisotopic (exact) mass is 237 g/mol. The molecule has 1 atom stereocenters. The summed E-state index contributed by atoms with van der Waals surface area (Å²) in [5.74, 6) is 0. The molecule has 1 nitrogen and oxygen atoms in total. The van der Waals surface area contributed by atoms with Crippen LogP contribution in [0.1, 0.15) is 19.3 Å². The highest BCUT2D eigenvalue weighted by atomic mass is 127. The Morgan fingerprint density at radius 2 is 2.22 bits per heavy atom. The molecule has 1 heterocycles. The molecule has 2 fully saturated rings. The van der Waals surface area contributed by atoms with Crippen LogP contribution < -0.4 is 0 Å². The Morgan fingerprint density at radius 1 is 1.56 bits per heavy atom. The molecule has 1 spiro atoms. The first-order valence-corrected chi connectivity index (χ1v) is 4.81. The molecular formula is C7H12IN. The Kier molecular flexibility index (Phi) is 1.31. The van der Waals surface area contributed by atoms with Crippen molar-refractivity contribution in [3.63, 3.8) is 0 Å². The van der Waals surface area contributed by atoms with Crippen molar-refractivity contribution in [1.82, 2.24) is 4.90 Å². The molecule has 2 rings (SSSR count). The first kappa shape index (κ1) is 6.40. The second kappa shape index (κ2) is 1.84. The van der Waals surface area contributed by atoms with E-state index in [0.717, 1.165) is 9.46 Å². The lowest BCUT2D eigenvalue weighted by Gasteiger charge is -2.10. The number of hydrogen-bond acceptors (Lipinski definition) is 1. The van der Waals surface area contributed by atoms with Gasteiger partial charge in [0.2, 0.25) is 0 Å². The van der Waals surface area contributed by atoms with Crippen LogP contribution in [-0.2, 0) is 0 Å². The van der Waals surface area contributed by atoms with Crippen LogP contribution in [0.5, 0.6) is 0 Å². The molecule has 2 heteroatoms. The summed E-state index contributed by atoms with van der Waals surface area (Å²) in [5, 5.41) is 0. The van der Waals surface area contributed by atoms with Crippen molar-refractivity contribution in [3.8, 4) is 0 Å². The Bertz CT molecular complexity index is 119. The fraction of sp³-hybridized carbons (Fsp3) is 1.00. The molecule has 1 aliphatic carbocycles. The Morgan fingerprint density at radius 3 is 2.44 bits per heavy atom. The van der Waals surface area contributed by atoms with E-state index in [1.165, 1.54) is 25.8 Å². The van der Waals surface area contributed by atoms with E-state index in [-0.39, 0.29) is 0 Å². The smallest absolute Gasteiger partial charge is 0.0622 e. The molecule has 0 aromatic carbocycles. The fourth-order valence-electron chi connectivity index (χ4n) is 1.74. The van der Waals surface area contributed by atoms with Gasteiger partial charge in [-0.2, -0.15) is 0 Å². The highest BCUT2D eigenvalue weighted by molar-refractivity contribution is 14.1. The highest BCUT2D eigenvalue weighted by Crippen LogP contribution is 2.55. The van der Waals surface area contributed by atoms with Gasteiger partial charge < -0.3 is 0 Å². The topological polar surface area (TPSA) is 3.24 Å². The molecule has 0 bridgehead atoms. The van der Waals surface area contributed by atoms with Crippen molar-refractivity contribution in [2.45, 2.75) is 23.3 Å². The summed E-state index contributed by atoms with van der Waals surface area (Å²) in [6.07, 6.45) is 4.44. The van der Waals surface area contributed by atoms with Crippen LogP contribution in [0.2, 0.25) is 0 Å². The number of rotatable bonds is 0. The van der Waals surface area contributed by atoms with Gasteiger partial charge in [-0.05, 0) is 31.7 Å². The Labute approximate surface area is 69.9 Å². The predicted molar refractivity (Wildman–Crippen MR) is 46.7 cm³/mol. The number of halogens is 1. The van der Waals surface area contributed by atoms with Crippen molar-refractivity contribution in [2.24, 2.45) is 5.41 Å². The quantitative estimate of drug-likeness (QED) is 0.353. The van der Waals surface area contributed by atoms with E-state index >= 15 is 0 Å². The van der Waals surface area contributed by atoms with Gasteiger partial charge in [-0.3, -0.25) is 4.90 Å². The summed E-state index contributed by atoms with van der Waals surface area (Å²) in [6, 6.07) is 0. The van der Waals surface area contributed by atoms with E-state index in [1.54, 1.807) is 0 Å². The van der Waals surface area contributed by atoms with Gasteiger partial charge >= 0.3 is 0 Å². The minimum absolute atomic E-state index is 0.806. The first-order valence-electron chi connectivity index (χ1n) is 3.56. The van der Waals surface area contributed by atoms with E-state index in [1.807, 2.05) is 0 Å². The minimum Gasteiger partial charge on any atom is -0.294 e. The molecule has 0 aromatic rings. The van der Waals surface area contributed by atoms with Crippen LogP contribution >= 0.6 is 22.6 Å². The van der Waals surface area contributed by atoms with Crippen molar-refractivity contribution in [3.05, 3.63) is 0 Å². The SMILES string of the molecule is CN1CC2(CC2)C[C@H]1I. The Hall–Kier alpha value is 0.690. The predicted octanol–water partition coefficient (Wildman–Crippen LogP) is 1.86. The van der Waals surface area contributed by atoms with Gasteiger partial charge in [0.1, 0.15) is 0 Å². The molecule has 9 heavy (non-hydrogen) atoms. The zero-order valence-corrected chi connectivity index (χ0v) is 7.89. The fourth-order valence-corrected chi connectivity index (χ4v) is 2.88. The summed E-state index contributed by atoms with van der Waals surface area (Å²) in [5.41, 5.74) is 0.806. The van der Waals surface area contributed by atoms with Crippen molar-refractivity contribution >= 4 is 22.6 Å². The zero-order valence-electron chi connectivity index (χ0n) is 5.73. The third kappa shape index (κ3) is 1.00. The highest BCUT2D eigenvalue weighted by Gasteiger charge is 2.49. The lowest BCUT2D eigenvalue weighted by atomic mass is 10.1. The van der Waals surface area contributed by atoms with E-state index in [9.17, 15) is 0 Å². The number of nitrogens with zero attached hydrogens (tertiary/aromatic N) is 1. The molecule has 1 saturated carbocycles. The summed E-state index contributed by atoms with van der Waals surface area (Å²) in [4.78, 5) is 2.48. The summed E-state index contributed by atoms with van der Waals surface area (Å²) < 4.78 is 0.824. The summed E-state index contributed by atoms with van der Waals surface area (Å²) in [6.45, 7) is 1.36. The number of hydrogen-bond donors (Lipinski definition) is 0. The standard InChI is InChI=1S/C7H12IN/c1-9-5-7(2-3-7)4-6(9)8/h6H,2-5H2,1H3/t6-/m0/s1. The van der Waals surface area contributed by atoms with E-state index in [4.69, 9.17) is 0 Å². The van der Waals surface area contributed by atoms with Crippen molar-refractivity contribution in [1.29, 1.82) is 0 Å². The second-order valence-corrected chi connectivity index (χ2v) is 4.99. The number of alkyl halides is 1. The molecular weight excluding hydrogens is 225 g/mol. The van der Waals surface area contributed by atoms with Crippen LogP contribution in [0, 0.1) is 5.41 Å². The largest absolute Gasteiger partial charge is 0.294 e. The molecule has 0 radical (unpaired) electrons. The number of likely N-dealkylation sites (tertiary alicyclic amines) is 1. The normalized spacial score (nSPS) is 40.0. The molecule has 52 valence electrons. The van der Waals surface area contributed by atoms with Gasteiger partial charge in [-0.15, -0.1) is 0 Å². The van der Waals surface area contributed by atoms with E-state index in [2.05, 4.69) is 34.5 Å². The third-order valence-corrected chi connectivity index (χ3v) is 4.01. The maximum absolute atomic E-state index is 2.55. The first-order chi connectivity index (χ1) is 4.22. The molecule has 0 N–H and O–H groups in total. The van der Waals surface area contributed by atoms with Crippen LogP contribution in [0.25, 0.3) is 0 Å². The van der Waals surface area contributed by atoms with Gasteiger partial charge in [0.05, 0.1) is 4.05 Å². The molecule has 1 saturated heterocycles. The summed E-state index contributed by atoms with van der Waals surface area (Å²) in [7, 11) is 2.24. The van der Waals surface area contributed by atoms with Crippen LogP contribution in [-0.4, -0.2) is 22.5 Å². The van der Waals surface area contributed by atoms with Crippen LogP contribution in [0.4, 0.5) is 0 Å². The lowest BCUT2D eigenvalue weighted by molar-refractivity contribution is 0.380. The molecule has 0 unspecified atom stereocenters. The maximum Gasteiger partial charge on any atom is 0.0622 e. The van der Waals surface area contributed by atoms with Gasteiger partial charge in [0, 0.05) is 6.54 Å². The maximum atomic E-state index is 2.55. The van der Waals surface area contributed by atoms with Crippen LogP contribution in [0.3, 0.4) is 0 Å². The average molecular weight is 237 g/mol. The summed E-state index contributed by atoms with van der Waals surface area (Å²) >= 11 is 2.55. The van der Waals surface area contributed by atoms with Gasteiger partial charge in [-0.25, -0.2) is 0 Å². The van der Waals surface area contributed by atoms with Crippen LogP contribution in [0.15, 0.2) is 0 Å². The molecule has 0 amide bonds. The third-order valence-electron chi connectivity index (χ3n) is 2.62.